The van der Waals surface area contributed by atoms with Gasteiger partial charge >= 0.3 is 23.2 Å². The predicted molar refractivity (Wildman–Crippen MR) is 17.0 cm³/mol. The molecule has 3 nitrogen and oxygen atoms in total. The van der Waals surface area contributed by atoms with Crippen LogP contribution in [0.1, 0.15) is 0 Å². The molecule has 0 aliphatic heterocycles. The molecule has 6 heavy (non-hydrogen) atoms. The Hall–Kier alpha value is 0.408. The molecule has 0 aromatic heterocycles. The quantitative estimate of drug-likeness (QED) is 0.470. The van der Waals surface area contributed by atoms with E-state index in [-0.39, 0.29) is 0 Å². The molecule has 0 aliphatic carbocycles. The summed E-state index contributed by atoms with van der Waals surface area (Å²) < 4.78 is 8.26. The monoisotopic (exact) mass is 178 g/mol. The molecule has 0 amide bonds. The summed E-state index contributed by atoms with van der Waals surface area (Å²) in [6.07, 6.45) is 0. The molecular weight excluding hydrogens is 168 g/mol. The minimum absolute atomic E-state index is 0.700. The Balaban J connectivity index is -0.0000000225. The SMILES string of the molecule is CO.CO.[O]=[Mo]. The number of hydrogen-bond acceptors (Lipinski definition) is 3. The zero-order chi connectivity index (χ0) is 6.00. The fourth-order valence-corrected chi connectivity index (χ4v) is 0. The Morgan fingerprint density at radius 1 is 1.00 bits per heavy atom. The van der Waals surface area contributed by atoms with Crippen molar-refractivity contribution in [1.82, 2.24) is 0 Å². The van der Waals surface area contributed by atoms with Crippen molar-refractivity contribution in [1.29, 1.82) is 0 Å². The van der Waals surface area contributed by atoms with Crippen molar-refractivity contribution in [2.45, 2.75) is 0 Å². The molecule has 0 saturated heterocycles. The fraction of sp³-hybridized carbons (Fsp3) is 1.00. The van der Waals surface area contributed by atoms with Gasteiger partial charge in [-0.05, 0) is 0 Å². The summed E-state index contributed by atoms with van der Waals surface area (Å²) in [5, 5.41) is 14.0. The molecule has 2 N–H and O–H groups in total. The fourth-order valence-electron chi connectivity index (χ4n) is 0. The van der Waals surface area contributed by atoms with Gasteiger partial charge in [-0.2, -0.15) is 0 Å². The van der Waals surface area contributed by atoms with E-state index in [1.807, 2.05) is 0 Å². The first-order chi connectivity index (χ1) is 3.00. The van der Waals surface area contributed by atoms with Crippen molar-refractivity contribution in [3.63, 3.8) is 0 Å². The molecule has 0 heterocycles. The van der Waals surface area contributed by atoms with Crippen molar-refractivity contribution in [3.05, 3.63) is 0 Å². The van der Waals surface area contributed by atoms with E-state index >= 15 is 0 Å². The van der Waals surface area contributed by atoms with E-state index in [9.17, 15) is 0 Å². The van der Waals surface area contributed by atoms with Crippen LogP contribution >= 0.6 is 0 Å². The van der Waals surface area contributed by atoms with E-state index in [2.05, 4.69) is 0 Å². The summed E-state index contributed by atoms with van der Waals surface area (Å²) in [5.41, 5.74) is 0. The van der Waals surface area contributed by atoms with Gasteiger partial charge < -0.3 is 10.2 Å². The van der Waals surface area contributed by atoms with Crippen LogP contribution in [-0.4, -0.2) is 24.4 Å². The molecule has 0 saturated carbocycles. The van der Waals surface area contributed by atoms with Crippen LogP contribution in [-0.2, 0) is 23.2 Å². The maximum absolute atomic E-state index is 8.26. The van der Waals surface area contributed by atoms with Crippen molar-refractivity contribution < 1.29 is 33.4 Å². The van der Waals surface area contributed by atoms with Gasteiger partial charge in [0, 0.05) is 14.2 Å². The van der Waals surface area contributed by atoms with Crippen molar-refractivity contribution in [3.8, 4) is 0 Å². The standard InChI is InChI=1S/2CH4O.Mo.O/c2*1-2;;/h2*2H,1H3;;. The summed E-state index contributed by atoms with van der Waals surface area (Å²) >= 11 is 0.700. The first kappa shape index (κ1) is 16.1. The normalized spacial score (nSPS) is 2.67. The van der Waals surface area contributed by atoms with E-state index in [4.69, 9.17) is 13.6 Å². The molecule has 0 atom stereocenters. The van der Waals surface area contributed by atoms with Gasteiger partial charge in [-0.15, -0.1) is 0 Å². The second-order valence-electron chi connectivity index (χ2n) is 0. The van der Waals surface area contributed by atoms with E-state index in [1.54, 1.807) is 0 Å². The van der Waals surface area contributed by atoms with Crippen LogP contribution in [0.25, 0.3) is 0 Å². The first-order valence-electron chi connectivity index (χ1n) is 1.06. The van der Waals surface area contributed by atoms with Crippen LogP contribution in [0, 0.1) is 0 Å². The molecule has 4 heteroatoms. The van der Waals surface area contributed by atoms with Crippen LogP contribution in [0.2, 0.25) is 0 Å². The zero-order valence-corrected chi connectivity index (χ0v) is 5.72. The molecule has 0 fully saturated rings. The predicted octanol–water partition coefficient (Wildman–Crippen LogP) is -0.904. The molecule has 0 aromatic carbocycles. The summed E-state index contributed by atoms with van der Waals surface area (Å²) in [7, 11) is 2.00. The Morgan fingerprint density at radius 2 is 1.00 bits per heavy atom. The maximum atomic E-state index is 8.26. The second-order valence-corrected chi connectivity index (χ2v) is 0. The number of aliphatic hydroxyl groups is 2. The molecular formula is C2H8MoO3. The number of hydrogen-bond donors (Lipinski definition) is 2. The molecule has 0 spiro atoms. The van der Waals surface area contributed by atoms with E-state index < -0.39 is 0 Å². The van der Waals surface area contributed by atoms with Gasteiger partial charge in [0.25, 0.3) is 0 Å². The van der Waals surface area contributed by atoms with Gasteiger partial charge in [0.05, 0.1) is 0 Å². The van der Waals surface area contributed by atoms with Crippen molar-refractivity contribution >= 4 is 0 Å². The Morgan fingerprint density at radius 3 is 1.00 bits per heavy atom. The van der Waals surface area contributed by atoms with Gasteiger partial charge in [-0.1, -0.05) is 0 Å². The summed E-state index contributed by atoms with van der Waals surface area (Å²) in [6.45, 7) is 0. The van der Waals surface area contributed by atoms with Gasteiger partial charge in [-0.25, -0.2) is 0 Å². The molecule has 40 valence electrons. The Labute approximate surface area is 48.2 Å². The second kappa shape index (κ2) is 630. The summed E-state index contributed by atoms with van der Waals surface area (Å²) in [4.78, 5) is 0. The van der Waals surface area contributed by atoms with Crippen LogP contribution in [0.5, 0.6) is 0 Å². The first-order valence-corrected chi connectivity index (χ1v) is 1.88. The topological polar surface area (TPSA) is 57.5 Å². The third-order valence-corrected chi connectivity index (χ3v) is 0. The summed E-state index contributed by atoms with van der Waals surface area (Å²) in [5.74, 6) is 0. The number of rotatable bonds is 0. The molecule has 0 rings (SSSR count). The molecule has 0 unspecified atom stereocenters. The van der Waals surface area contributed by atoms with E-state index in [1.165, 1.54) is 0 Å². The van der Waals surface area contributed by atoms with Gasteiger partial charge in [0.15, 0.2) is 0 Å². The van der Waals surface area contributed by atoms with Crippen LogP contribution in [0.15, 0.2) is 0 Å². The van der Waals surface area contributed by atoms with Crippen LogP contribution in [0.3, 0.4) is 0 Å². The average molecular weight is 176 g/mol. The average Bonchev–Trinajstić information content (AvgIpc) is 1.81. The minimum atomic E-state index is 0.700. The van der Waals surface area contributed by atoms with E-state index in [0.29, 0.717) is 19.8 Å². The Bertz CT molecular complexity index is 8.75. The summed E-state index contributed by atoms with van der Waals surface area (Å²) in [6, 6.07) is 0. The third kappa shape index (κ3) is 307. The Kier molecular flexibility index (Phi) is 1700. The van der Waals surface area contributed by atoms with Gasteiger partial charge in [0.1, 0.15) is 0 Å². The van der Waals surface area contributed by atoms with Gasteiger partial charge in [0.2, 0.25) is 0 Å². The third-order valence-electron chi connectivity index (χ3n) is 0. The van der Waals surface area contributed by atoms with Gasteiger partial charge in [-0.3, -0.25) is 0 Å². The molecule has 0 aliphatic rings. The number of aliphatic hydroxyl groups excluding tert-OH is 2. The molecule has 0 radical (unpaired) electrons. The molecule has 0 aromatic rings. The van der Waals surface area contributed by atoms with E-state index in [0.717, 1.165) is 14.2 Å². The molecule has 0 bridgehead atoms. The van der Waals surface area contributed by atoms with Crippen molar-refractivity contribution in [2.24, 2.45) is 0 Å². The van der Waals surface area contributed by atoms with Crippen LogP contribution in [0.4, 0.5) is 0 Å². The zero-order valence-electron chi connectivity index (χ0n) is 3.71. The van der Waals surface area contributed by atoms with Crippen molar-refractivity contribution in [2.75, 3.05) is 14.2 Å². The van der Waals surface area contributed by atoms with Crippen LogP contribution < -0.4 is 0 Å².